The Morgan fingerprint density at radius 2 is 1.95 bits per heavy atom. The van der Waals surface area contributed by atoms with Gasteiger partial charge in [-0.2, -0.15) is 0 Å². The molecule has 2 aromatic rings. The molecule has 0 amide bonds. The topological polar surface area (TPSA) is 12.0 Å². The fourth-order valence-corrected chi connectivity index (χ4v) is 2.27. The summed E-state index contributed by atoms with van der Waals surface area (Å²) in [5, 5.41) is 3.35. The molecule has 3 heteroatoms. The minimum atomic E-state index is -0.158. The van der Waals surface area contributed by atoms with Crippen molar-refractivity contribution in [2.75, 3.05) is 0 Å². The quantitative estimate of drug-likeness (QED) is 0.857. The van der Waals surface area contributed by atoms with E-state index in [0.29, 0.717) is 5.56 Å². The van der Waals surface area contributed by atoms with Gasteiger partial charge >= 0.3 is 0 Å². The van der Waals surface area contributed by atoms with Crippen LogP contribution in [-0.4, -0.2) is 0 Å². The van der Waals surface area contributed by atoms with Crippen LogP contribution in [0.2, 0.25) is 0 Å². The first-order valence-corrected chi connectivity index (χ1v) is 7.10. The Morgan fingerprint density at radius 1 is 1.21 bits per heavy atom. The van der Waals surface area contributed by atoms with Crippen LogP contribution in [0.4, 0.5) is 4.39 Å². The standard InChI is InChI=1S/C16H17BrFN/c1-11-9-13(7-8-15(11)17)10-19-12(2)14-5-3-4-6-16(14)18/h3-9,12,19H,10H2,1-2H3. The molecule has 100 valence electrons. The Bertz CT molecular complexity index is 568. The van der Waals surface area contributed by atoms with Gasteiger partial charge in [-0.25, -0.2) is 4.39 Å². The van der Waals surface area contributed by atoms with Crippen LogP contribution in [0.25, 0.3) is 0 Å². The zero-order valence-corrected chi connectivity index (χ0v) is 12.7. The lowest BCUT2D eigenvalue weighted by atomic mass is 10.1. The first-order chi connectivity index (χ1) is 9.08. The normalized spacial score (nSPS) is 12.4. The Hall–Kier alpha value is -1.19. The maximum atomic E-state index is 13.6. The average molecular weight is 322 g/mol. The van der Waals surface area contributed by atoms with E-state index >= 15 is 0 Å². The van der Waals surface area contributed by atoms with Crippen molar-refractivity contribution >= 4 is 15.9 Å². The number of aryl methyl sites for hydroxylation is 1. The van der Waals surface area contributed by atoms with Crippen molar-refractivity contribution in [2.24, 2.45) is 0 Å². The highest BCUT2D eigenvalue weighted by atomic mass is 79.9. The smallest absolute Gasteiger partial charge is 0.127 e. The van der Waals surface area contributed by atoms with E-state index < -0.39 is 0 Å². The third kappa shape index (κ3) is 3.64. The summed E-state index contributed by atoms with van der Waals surface area (Å²) in [6.45, 7) is 4.77. The van der Waals surface area contributed by atoms with Crippen LogP contribution in [0, 0.1) is 12.7 Å². The largest absolute Gasteiger partial charge is 0.306 e. The summed E-state index contributed by atoms with van der Waals surface area (Å²) < 4.78 is 14.7. The Labute approximate surface area is 122 Å². The van der Waals surface area contributed by atoms with Crippen LogP contribution in [-0.2, 0) is 6.54 Å². The highest BCUT2D eigenvalue weighted by molar-refractivity contribution is 9.10. The first-order valence-electron chi connectivity index (χ1n) is 6.31. The molecule has 2 aromatic carbocycles. The van der Waals surface area contributed by atoms with Crippen molar-refractivity contribution in [3.8, 4) is 0 Å². The van der Waals surface area contributed by atoms with E-state index in [1.54, 1.807) is 6.07 Å². The van der Waals surface area contributed by atoms with Gasteiger partial charge in [0.15, 0.2) is 0 Å². The number of hydrogen-bond donors (Lipinski definition) is 1. The van der Waals surface area contributed by atoms with Gasteiger partial charge in [-0.3, -0.25) is 0 Å². The van der Waals surface area contributed by atoms with Crippen molar-refractivity contribution in [2.45, 2.75) is 26.4 Å². The van der Waals surface area contributed by atoms with E-state index in [1.807, 2.05) is 25.1 Å². The number of hydrogen-bond acceptors (Lipinski definition) is 1. The molecule has 0 radical (unpaired) electrons. The monoisotopic (exact) mass is 321 g/mol. The second-order valence-electron chi connectivity index (χ2n) is 4.71. The summed E-state index contributed by atoms with van der Waals surface area (Å²) >= 11 is 3.49. The Kier molecular flexibility index (Phi) is 4.72. The average Bonchev–Trinajstić information content (AvgIpc) is 2.40. The van der Waals surface area contributed by atoms with E-state index in [2.05, 4.69) is 40.3 Å². The molecule has 0 bridgehead atoms. The molecule has 1 atom stereocenters. The van der Waals surface area contributed by atoms with Gasteiger partial charge in [-0.15, -0.1) is 0 Å². The zero-order chi connectivity index (χ0) is 13.8. The highest BCUT2D eigenvalue weighted by Gasteiger charge is 2.09. The predicted molar refractivity (Wildman–Crippen MR) is 80.5 cm³/mol. The maximum Gasteiger partial charge on any atom is 0.127 e. The lowest BCUT2D eigenvalue weighted by molar-refractivity contribution is 0.528. The minimum absolute atomic E-state index is 0.00912. The molecule has 1 N–H and O–H groups in total. The van der Waals surface area contributed by atoms with Crippen molar-refractivity contribution in [1.29, 1.82) is 0 Å². The summed E-state index contributed by atoms with van der Waals surface area (Å²) in [4.78, 5) is 0. The lowest BCUT2D eigenvalue weighted by Gasteiger charge is -2.15. The van der Waals surface area contributed by atoms with E-state index in [4.69, 9.17) is 0 Å². The van der Waals surface area contributed by atoms with E-state index in [1.165, 1.54) is 17.2 Å². The van der Waals surface area contributed by atoms with Crippen molar-refractivity contribution in [1.82, 2.24) is 5.32 Å². The van der Waals surface area contributed by atoms with E-state index in [-0.39, 0.29) is 11.9 Å². The molecule has 0 aliphatic rings. The van der Waals surface area contributed by atoms with Gasteiger partial charge in [0, 0.05) is 22.6 Å². The SMILES string of the molecule is Cc1cc(CNC(C)c2ccccc2F)ccc1Br. The lowest BCUT2D eigenvalue weighted by Crippen LogP contribution is -2.19. The summed E-state index contributed by atoms with van der Waals surface area (Å²) in [7, 11) is 0. The summed E-state index contributed by atoms with van der Waals surface area (Å²) in [5.41, 5.74) is 3.11. The number of benzene rings is 2. The molecule has 0 fully saturated rings. The van der Waals surface area contributed by atoms with Crippen molar-refractivity contribution < 1.29 is 4.39 Å². The molecule has 1 unspecified atom stereocenters. The third-order valence-corrected chi connectivity index (χ3v) is 4.10. The fraction of sp³-hybridized carbons (Fsp3) is 0.250. The van der Waals surface area contributed by atoms with Gasteiger partial charge in [0.05, 0.1) is 0 Å². The van der Waals surface area contributed by atoms with Gasteiger partial charge in [0.25, 0.3) is 0 Å². The van der Waals surface area contributed by atoms with Crippen LogP contribution in [0.5, 0.6) is 0 Å². The molecule has 0 spiro atoms. The van der Waals surface area contributed by atoms with E-state index in [0.717, 1.165) is 11.0 Å². The number of rotatable bonds is 4. The van der Waals surface area contributed by atoms with Crippen LogP contribution < -0.4 is 5.32 Å². The molecule has 0 saturated carbocycles. The number of halogens is 2. The van der Waals surface area contributed by atoms with Gasteiger partial charge in [0.2, 0.25) is 0 Å². The third-order valence-electron chi connectivity index (χ3n) is 3.21. The molecule has 0 saturated heterocycles. The Balaban J connectivity index is 2.02. The van der Waals surface area contributed by atoms with Gasteiger partial charge in [0.1, 0.15) is 5.82 Å². The molecule has 0 aromatic heterocycles. The summed E-state index contributed by atoms with van der Waals surface area (Å²) in [6, 6.07) is 13.1. The minimum Gasteiger partial charge on any atom is -0.306 e. The van der Waals surface area contributed by atoms with Gasteiger partial charge in [-0.1, -0.05) is 46.3 Å². The van der Waals surface area contributed by atoms with Crippen LogP contribution in [0.3, 0.4) is 0 Å². The summed E-state index contributed by atoms with van der Waals surface area (Å²) in [6.07, 6.45) is 0. The van der Waals surface area contributed by atoms with Gasteiger partial charge in [-0.05, 0) is 37.1 Å². The second-order valence-corrected chi connectivity index (χ2v) is 5.56. The van der Waals surface area contributed by atoms with Crippen LogP contribution >= 0.6 is 15.9 Å². The molecule has 19 heavy (non-hydrogen) atoms. The molecule has 0 heterocycles. The zero-order valence-electron chi connectivity index (χ0n) is 11.1. The molecule has 2 rings (SSSR count). The Morgan fingerprint density at radius 3 is 2.63 bits per heavy atom. The molecule has 1 nitrogen and oxygen atoms in total. The van der Waals surface area contributed by atoms with Crippen LogP contribution in [0.15, 0.2) is 46.9 Å². The summed E-state index contributed by atoms with van der Waals surface area (Å²) in [5.74, 6) is -0.158. The van der Waals surface area contributed by atoms with Crippen LogP contribution in [0.1, 0.15) is 29.7 Å². The second kappa shape index (κ2) is 6.31. The molecule has 0 aliphatic carbocycles. The first kappa shape index (κ1) is 14.2. The van der Waals surface area contributed by atoms with Crippen molar-refractivity contribution in [3.63, 3.8) is 0 Å². The predicted octanol–water partition coefficient (Wildman–Crippen LogP) is 4.75. The number of nitrogens with one attached hydrogen (secondary N) is 1. The van der Waals surface area contributed by atoms with Crippen molar-refractivity contribution in [3.05, 3.63) is 69.4 Å². The van der Waals surface area contributed by atoms with E-state index in [9.17, 15) is 4.39 Å². The molecular weight excluding hydrogens is 305 g/mol. The van der Waals surface area contributed by atoms with Gasteiger partial charge < -0.3 is 5.32 Å². The fourth-order valence-electron chi connectivity index (χ4n) is 2.02. The maximum absolute atomic E-state index is 13.6. The molecule has 0 aliphatic heterocycles. The highest BCUT2D eigenvalue weighted by Crippen LogP contribution is 2.19. The molecular formula is C16H17BrFN.